The van der Waals surface area contributed by atoms with Gasteiger partial charge in [-0.1, -0.05) is 42.1 Å². The fourth-order valence-electron chi connectivity index (χ4n) is 2.11. The first kappa shape index (κ1) is 11.1. The lowest BCUT2D eigenvalue weighted by molar-refractivity contribution is 0.580. The van der Waals surface area contributed by atoms with Crippen LogP contribution in [0.5, 0.6) is 0 Å². The van der Waals surface area contributed by atoms with Gasteiger partial charge < -0.3 is 5.32 Å². The molecule has 1 aromatic carbocycles. The molecule has 1 nitrogen and oxygen atoms in total. The lowest BCUT2D eigenvalue weighted by Gasteiger charge is -2.13. The Morgan fingerprint density at radius 3 is 2.67 bits per heavy atom. The van der Waals surface area contributed by atoms with E-state index in [0.29, 0.717) is 10.0 Å². The minimum atomic E-state index is 0.619. The van der Waals surface area contributed by atoms with Crippen LogP contribution >= 0.6 is 23.2 Å². The zero-order chi connectivity index (χ0) is 10.7. The van der Waals surface area contributed by atoms with Crippen LogP contribution in [0.2, 0.25) is 10.0 Å². The van der Waals surface area contributed by atoms with Gasteiger partial charge in [-0.05, 0) is 30.9 Å². The van der Waals surface area contributed by atoms with E-state index >= 15 is 0 Å². The van der Waals surface area contributed by atoms with Crippen molar-refractivity contribution in [2.24, 2.45) is 5.92 Å². The van der Waals surface area contributed by atoms with Crippen LogP contribution < -0.4 is 5.32 Å². The zero-order valence-corrected chi connectivity index (χ0v) is 10.1. The van der Waals surface area contributed by atoms with Gasteiger partial charge in [0.1, 0.15) is 0 Å². The number of benzene rings is 1. The molecule has 1 aliphatic rings. The first-order chi connectivity index (χ1) is 7.27. The highest BCUT2D eigenvalue weighted by Gasteiger charge is 2.15. The summed E-state index contributed by atoms with van der Waals surface area (Å²) in [6.45, 7) is 1.01. The second-order valence-electron chi connectivity index (χ2n) is 4.13. The molecule has 82 valence electrons. The lowest BCUT2D eigenvalue weighted by Crippen LogP contribution is -2.11. The normalized spacial score (nSPS) is 16.9. The fourth-order valence-corrected chi connectivity index (χ4v) is 2.48. The van der Waals surface area contributed by atoms with Crippen LogP contribution in [0.3, 0.4) is 0 Å². The SMILES string of the molecule is Clc1cccc(NCC2CCCC2)c1Cl. The van der Waals surface area contributed by atoms with Crippen molar-refractivity contribution in [1.29, 1.82) is 0 Å². The van der Waals surface area contributed by atoms with E-state index in [-0.39, 0.29) is 0 Å². The first-order valence-corrected chi connectivity index (χ1v) is 6.21. The molecule has 1 aromatic rings. The zero-order valence-electron chi connectivity index (χ0n) is 8.60. The Morgan fingerprint density at radius 2 is 1.93 bits per heavy atom. The van der Waals surface area contributed by atoms with E-state index in [4.69, 9.17) is 23.2 Å². The summed E-state index contributed by atoms with van der Waals surface area (Å²) >= 11 is 12.0. The molecule has 0 spiro atoms. The van der Waals surface area contributed by atoms with E-state index in [2.05, 4.69) is 5.32 Å². The summed E-state index contributed by atoms with van der Waals surface area (Å²) in [4.78, 5) is 0. The predicted molar refractivity (Wildman–Crippen MR) is 66.9 cm³/mol. The van der Waals surface area contributed by atoms with Crippen molar-refractivity contribution in [3.8, 4) is 0 Å². The average molecular weight is 244 g/mol. The highest BCUT2D eigenvalue weighted by molar-refractivity contribution is 6.43. The average Bonchev–Trinajstić information content (AvgIpc) is 2.73. The summed E-state index contributed by atoms with van der Waals surface area (Å²) in [6, 6.07) is 5.71. The molecule has 1 aliphatic carbocycles. The standard InChI is InChI=1S/C12H15Cl2N/c13-10-6-3-7-11(12(10)14)15-8-9-4-1-2-5-9/h3,6-7,9,15H,1-2,4-5,8H2. The monoisotopic (exact) mass is 243 g/mol. The van der Waals surface area contributed by atoms with Gasteiger partial charge >= 0.3 is 0 Å². The van der Waals surface area contributed by atoms with Crippen molar-refractivity contribution < 1.29 is 0 Å². The molecule has 2 rings (SSSR count). The summed E-state index contributed by atoms with van der Waals surface area (Å²) in [5, 5.41) is 4.63. The van der Waals surface area contributed by atoms with Gasteiger partial charge in [0.2, 0.25) is 0 Å². The van der Waals surface area contributed by atoms with Crippen molar-refractivity contribution in [3.63, 3.8) is 0 Å². The van der Waals surface area contributed by atoms with Crippen LogP contribution in [0.15, 0.2) is 18.2 Å². The molecule has 0 radical (unpaired) electrons. The molecule has 0 aliphatic heterocycles. The summed E-state index contributed by atoms with van der Waals surface area (Å²) in [6.07, 6.45) is 5.42. The topological polar surface area (TPSA) is 12.0 Å². The lowest BCUT2D eigenvalue weighted by atomic mass is 10.1. The molecule has 15 heavy (non-hydrogen) atoms. The number of hydrogen-bond acceptors (Lipinski definition) is 1. The van der Waals surface area contributed by atoms with E-state index in [0.717, 1.165) is 18.2 Å². The van der Waals surface area contributed by atoms with E-state index in [1.165, 1.54) is 25.7 Å². The molecular formula is C12H15Cl2N. The number of anilines is 1. The Balaban J connectivity index is 1.95. The Morgan fingerprint density at radius 1 is 1.20 bits per heavy atom. The molecule has 0 unspecified atom stereocenters. The van der Waals surface area contributed by atoms with Crippen LogP contribution in [0, 0.1) is 5.92 Å². The second kappa shape index (κ2) is 5.09. The molecule has 0 heterocycles. The molecule has 1 saturated carbocycles. The summed E-state index contributed by atoms with van der Waals surface area (Å²) in [7, 11) is 0. The Labute approximate surface area is 101 Å². The smallest absolute Gasteiger partial charge is 0.0823 e. The van der Waals surface area contributed by atoms with Gasteiger partial charge in [-0.25, -0.2) is 0 Å². The Bertz CT molecular complexity index is 332. The maximum atomic E-state index is 6.08. The third-order valence-electron chi connectivity index (χ3n) is 3.01. The van der Waals surface area contributed by atoms with Crippen molar-refractivity contribution in [2.45, 2.75) is 25.7 Å². The van der Waals surface area contributed by atoms with Gasteiger partial charge in [0.25, 0.3) is 0 Å². The quantitative estimate of drug-likeness (QED) is 0.819. The third-order valence-corrected chi connectivity index (χ3v) is 3.83. The van der Waals surface area contributed by atoms with Gasteiger partial charge in [-0.3, -0.25) is 0 Å². The summed E-state index contributed by atoms with van der Waals surface area (Å²) < 4.78 is 0. The van der Waals surface area contributed by atoms with Crippen molar-refractivity contribution >= 4 is 28.9 Å². The van der Waals surface area contributed by atoms with E-state index < -0.39 is 0 Å². The summed E-state index contributed by atoms with van der Waals surface area (Å²) in [5.41, 5.74) is 0.955. The fraction of sp³-hybridized carbons (Fsp3) is 0.500. The van der Waals surface area contributed by atoms with Crippen LogP contribution in [-0.2, 0) is 0 Å². The van der Waals surface area contributed by atoms with Crippen molar-refractivity contribution in [1.82, 2.24) is 0 Å². The number of rotatable bonds is 3. The number of halogens is 2. The molecule has 1 fully saturated rings. The van der Waals surface area contributed by atoms with Crippen LogP contribution in [0.4, 0.5) is 5.69 Å². The molecule has 0 saturated heterocycles. The molecule has 0 aromatic heterocycles. The third kappa shape index (κ3) is 2.79. The van der Waals surface area contributed by atoms with Crippen LogP contribution in [0.25, 0.3) is 0 Å². The molecule has 3 heteroatoms. The van der Waals surface area contributed by atoms with E-state index in [9.17, 15) is 0 Å². The molecule has 1 N–H and O–H groups in total. The van der Waals surface area contributed by atoms with Gasteiger partial charge in [0, 0.05) is 6.54 Å². The van der Waals surface area contributed by atoms with Gasteiger partial charge in [-0.2, -0.15) is 0 Å². The minimum Gasteiger partial charge on any atom is -0.384 e. The van der Waals surface area contributed by atoms with Crippen LogP contribution in [-0.4, -0.2) is 6.54 Å². The molecule has 0 amide bonds. The highest BCUT2D eigenvalue weighted by atomic mass is 35.5. The molecular weight excluding hydrogens is 229 g/mol. The largest absolute Gasteiger partial charge is 0.384 e. The van der Waals surface area contributed by atoms with E-state index in [1.54, 1.807) is 0 Å². The number of hydrogen-bond donors (Lipinski definition) is 1. The maximum absolute atomic E-state index is 6.08. The molecule has 0 bridgehead atoms. The van der Waals surface area contributed by atoms with Gasteiger partial charge in [0.15, 0.2) is 0 Å². The Kier molecular flexibility index (Phi) is 3.76. The summed E-state index contributed by atoms with van der Waals surface area (Å²) in [5.74, 6) is 0.806. The van der Waals surface area contributed by atoms with Crippen LogP contribution in [0.1, 0.15) is 25.7 Å². The highest BCUT2D eigenvalue weighted by Crippen LogP contribution is 2.31. The Hall–Kier alpha value is -0.400. The number of nitrogens with one attached hydrogen (secondary N) is 1. The molecule has 0 atom stereocenters. The van der Waals surface area contributed by atoms with E-state index in [1.807, 2.05) is 18.2 Å². The first-order valence-electron chi connectivity index (χ1n) is 5.45. The van der Waals surface area contributed by atoms with Crippen molar-refractivity contribution in [2.75, 3.05) is 11.9 Å². The van der Waals surface area contributed by atoms with Gasteiger partial charge in [-0.15, -0.1) is 0 Å². The second-order valence-corrected chi connectivity index (χ2v) is 4.92. The minimum absolute atomic E-state index is 0.619. The predicted octanol–water partition coefficient (Wildman–Crippen LogP) is 4.60. The van der Waals surface area contributed by atoms with Crippen molar-refractivity contribution in [3.05, 3.63) is 28.2 Å². The van der Waals surface area contributed by atoms with Gasteiger partial charge in [0.05, 0.1) is 15.7 Å². The maximum Gasteiger partial charge on any atom is 0.0823 e.